The summed E-state index contributed by atoms with van der Waals surface area (Å²) in [5, 5.41) is 6.56. The van der Waals surface area contributed by atoms with Crippen LogP contribution in [0.25, 0.3) is 0 Å². The molecule has 7 heteroatoms. The third-order valence-corrected chi connectivity index (χ3v) is 3.27. The van der Waals surface area contributed by atoms with E-state index in [1.165, 1.54) is 0 Å². The molecule has 24 heavy (non-hydrogen) atoms. The van der Waals surface area contributed by atoms with Crippen molar-refractivity contribution in [1.82, 2.24) is 5.32 Å². The fraction of sp³-hybridized carbons (Fsp3) is 0.588. The SMILES string of the molecule is CCOc1cc(NC(=NC)NCCCCCOC)ccc1OC.I. The van der Waals surface area contributed by atoms with Crippen LogP contribution in [0.3, 0.4) is 0 Å². The van der Waals surface area contributed by atoms with Crippen molar-refractivity contribution in [3.63, 3.8) is 0 Å². The smallest absolute Gasteiger partial charge is 0.195 e. The average molecular weight is 451 g/mol. The molecule has 0 aromatic heterocycles. The zero-order chi connectivity index (χ0) is 16.9. The van der Waals surface area contributed by atoms with E-state index >= 15 is 0 Å². The summed E-state index contributed by atoms with van der Waals surface area (Å²) < 4.78 is 15.9. The molecule has 1 rings (SSSR count). The van der Waals surface area contributed by atoms with Crippen LogP contribution in [0.15, 0.2) is 23.2 Å². The molecule has 0 heterocycles. The summed E-state index contributed by atoms with van der Waals surface area (Å²) in [6, 6.07) is 5.73. The van der Waals surface area contributed by atoms with Crippen LogP contribution in [0.5, 0.6) is 11.5 Å². The van der Waals surface area contributed by atoms with Crippen LogP contribution in [0.2, 0.25) is 0 Å². The summed E-state index contributed by atoms with van der Waals surface area (Å²) in [5.41, 5.74) is 0.904. The molecule has 0 atom stereocenters. The van der Waals surface area contributed by atoms with Crippen molar-refractivity contribution in [2.45, 2.75) is 26.2 Å². The highest BCUT2D eigenvalue weighted by molar-refractivity contribution is 14.0. The number of benzene rings is 1. The number of hydrogen-bond donors (Lipinski definition) is 2. The van der Waals surface area contributed by atoms with Crippen LogP contribution in [0.4, 0.5) is 5.69 Å². The molecule has 1 aromatic carbocycles. The van der Waals surface area contributed by atoms with Gasteiger partial charge in [0.25, 0.3) is 0 Å². The number of aliphatic imine (C=N–C) groups is 1. The molecule has 1 aromatic rings. The molecule has 0 aliphatic carbocycles. The third-order valence-electron chi connectivity index (χ3n) is 3.27. The number of halogens is 1. The minimum atomic E-state index is 0. The minimum absolute atomic E-state index is 0. The maximum atomic E-state index is 5.58. The maximum absolute atomic E-state index is 5.58. The van der Waals surface area contributed by atoms with Gasteiger partial charge in [-0.3, -0.25) is 4.99 Å². The lowest BCUT2D eigenvalue weighted by Crippen LogP contribution is -2.31. The number of guanidine groups is 1. The van der Waals surface area contributed by atoms with Crippen LogP contribution in [-0.4, -0.2) is 47.0 Å². The molecule has 0 radical (unpaired) electrons. The van der Waals surface area contributed by atoms with Crippen LogP contribution < -0.4 is 20.1 Å². The summed E-state index contributed by atoms with van der Waals surface area (Å²) >= 11 is 0. The molecule has 0 saturated heterocycles. The molecule has 0 saturated carbocycles. The zero-order valence-corrected chi connectivity index (χ0v) is 17.4. The van der Waals surface area contributed by atoms with Gasteiger partial charge in [0.15, 0.2) is 17.5 Å². The normalized spacial score (nSPS) is 10.8. The Morgan fingerprint density at radius 2 is 1.92 bits per heavy atom. The molecule has 0 amide bonds. The van der Waals surface area contributed by atoms with E-state index in [-0.39, 0.29) is 24.0 Å². The van der Waals surface area contributed by atoms with Crippen LogP contribution >= 0.6 is 24.0 Å². The monoisotopic (exact) mass is 451 g/mol. The molecule has 138 valence electrons. The molecule has 2 N–H and O–H groups in total. The number of anilines is 1. The van der Waals surface area contributed by atoms with Gasteiger partial charge in [-0.05, 0) is 38.3 Å². The Bertz CT molecular complexity index is 484. The minimum Gasteiger partial charge on any atom is -0.493 e. The van der Waals surface area contributed by atoms with Gasteiger partial charge in [0.05, 0.1) is 13.7 Å². The van der Waals surface area contributed by atoms with Crippen molar-refractivity contribution in [2.75, 3.05) is 46.3 Å². The summed E-state index contributed by atoms with van der Waals surface area (Å²) in [5.74, 6) is 2.18. The molecule has 0 spiro atoms. The van der Waals surface area contributed by atoms with Gasteiger partial charge in [0.1, 0.15) is 0 Å². The number of unbranched alkanes of at least 4 members (excludes halogenated alkanes) is 2. The van der Waals surface area contributed by atoms with Crippen molar-refractivity contribution < 1.29 is 14.2 Å². The van der Waals surface area contributed by atoms with Crippen molar-refractivity contribution in [3.8, 4) is 11.5 Å². The van der Waals surface area contributed by atoms with E-state index in [0.717, 1.165) is 55.6 Å². The maximum Gasteiger partial charge on any atom is 0.195 e. The molecule has 0 aliphatic rings. The first-order valence-corrected chi connectivity index (χ1v) is 8.02. The Labute approximate surface area is 162 Å². The van der Waals surface area contributed by atoms with Crippen molar-refractivity contribution in [3.05, 3.63) is 18.2 Å². The van der Waals surface area contributed by atoms with E-state index in [1.807, 2.05) is 25.1 Å². The van der Waals surface area contributed by atoms with E-state index in [1.54, 1.807) is 21.3 Å². The second-order valence-corrected chi connectivity index (χ2v) is 4.98. The van der Waals surface area contributed by atoms with Crippen LogP contribution in [0, 0.1) is 0 Å². The first kappa shape index (κ1) is 22.8. The fourth-order valence-corrected chi connectivity index (χ4v) is 2.09. The van der Waals surface area contributed by atoms with Gasteiger partial charge in [0.2, 0.25) is 0 Å². The van der Waals surface area contributed by atoms with Gasteiger partial charge in [-0.25, -0.2) is 0 Å². The Kier molecular flexibility index (Phi) is 13.4. The summed E-state index contributed by atoms with van der Waals surface area (Å²) in [6.07, 6.45) is 3.30. The Hall–Kier alpha value is -1.22. The standard InChI is InChI=1S/C17H29N3O3.HI/c1-5-23-16-13-14(9-10-15(16)22-4)20-17(18-2)19-11-7-6-8-12-21-3;/h9-10,13H,5-8,11-12H2,1-4H3,(H2,18,19,20);1H. The van der Waals surface area contributed by atoms with Gasteiger partial charge in [-0.15, -0.1) is 24.0 Å². The van der Waals surface area contributed by atoms with Crippen molar-refractivity contribution in [1.29, 1.82) is 0 Å². The van der Waals surface area contributed by atoms with E-state index in [0.29, 0.717) is 6.61 Å². The highest BCUT2D eigenvalue weighted by Crippen LogP contribution is 2.30. The highest BCUT2D eigenvalue weighted by Gasteiger charge is 2.06. The molecule has 0 bridgehead atoms. The van der Waals surface area contributed by atoms with Gasteiger partial charge in [0, 0.05) is 39.1 Å². The summed E-state index contributed by atoms with van der Waals surface area (Å²) in [4.78, 5) is 4.23. The highest BCUT2D eigenvalue weighted by atomic mass is 127. The van der Waals surface area contributed by atoms with Crippen LogP contribution in [-0.2, 0) is 4.74 Å². The summed E-state index contributed by atoms with van der Waals surface area (Å²) in [7, 11) is 5.12. The number of rotatable bonds is 10. The third kappa shape index (κ3) is 8.58. The van der Waals surface area contributed by atoms with Gasteiger partial charge < -0.3 is 24.8 Å². The summed E-state index contributed by atoms with van der Waals surface area (Å²) in [6.45, 7) is 4.23. The molecular formula is C17H30IN3O3. The van der Waals surface area contributed by atoms with Crippen molar-refractivity contribution in [2.24, 2.45) is 4.99 Å². The lowest BCUT2D eigenvalue weighted by Gasteiger charge is -2.14. The van der Waals surface area contributed by atoms with E-state index in [9.17, 15) is 0 Å². The van der Waals surface area contributed by atoms with Crippen molar-refractivity contribution >= 4 is 35.6 Å². The van der Waals surface area contributed by atoms with E-state index < -0.39 is 0 Å². The van der Waals surface area contributed by atoms with Gasteiger partial charge >= 0.3 is 0 Å². The number of nitrogens with one attached hydrogen (secondary N) is 2. The number of nitrogens with zero attached hydrogens (tertiary/aromatic N) is 1. The Morgan fingerprint density at radius 3 is 2.54 bits per heavy atom. The second kappa shape index (κ2) is 14.2. The predicted octanol–water partition coefficient (Wildman–Crippen LogP) is 3.52. The zero-order valence-electron chi connectivity index (χ0n) is 15.1. The first-order chi connectivity index (χ1) is 11.2. The number of hydrogen-bond acceptors (Lipinski definition) is 4. The molecule has 0 unspecified atom stereocenters. The molecule has 0 fully saturated rings. The topological polar surface area (TPSA) is 64.1 Å². The average Bonchev–Trinajstić information content (AvgIpc) is 2.57. The predicted molar refractivity (Wildman–Crippen MR) is 110 cm³/mol. The first-order valence-electron chi connectivity index (χ1n) is 8.02. The van der Waals surface area contributed by atoms with E-state index in [4.69, 9.17) is 14.2 Å². The lowest BCUT2D eigenvalue weighted by atomic mass is 10.2. The van der Waals surface area contributed by atoms with E-state index in [2.05, 4.69) is 15.6 Å². The second-order valence-electron chi connectivity index (χ2n) is 4.98. The largest absolute Gasteiger partial charge is 0.493 e. The van der Waals surface area contributed by atoms with Crippen LogP contribution in [0.1, 0.15) is 26.2 Å². The lowest BCUT2D eigenvalue weighted by molar-refractivity contribution is 0.192. The quantitative estimate of drug-likeness (QED) is 0.247. The molecule has 6 nitrogen and oxygen atoms in total. The number of methoxy groups -OCH3 is 2. The Morgan fingerprint density at radius 1 is 1.12 bits per heavy atom. The number of ether oxygens (including phenoxy) is 3. The Balaban J connectivity index is 0.00000529. The molecular weight excluding hydrogens is 421 g/mol. The van der Waals surface area contributed by atoms with Gasteiger partial charge in [-0.1, -0.05) is 0 Å². The molecule has 0 aliphatic heterocycles. The van der Waals surface area contributed by atoms with Gasteiger partial charge in [-0.2, -0.15) is 0 Å². The fourth-order valence-electron chi connectivity index (χ4n) is 2.09.